The van der Waals surface area contributed by atoms with Crippen LogP contribution in [0.4, 0.5) is 0 Å². The fraction of sp³-hybridized carbons (Fsp3) is 0.273. The number of aromatic nitrogens is 3. The van der Waals surface area contributed by atoms with Crippen molar-refractivity contribution in [2.24, 2.45) is 0 Å². The highest BCUT2D eigenvalue weighted by Crippen LogP contribution is 2.13. The second-order valence-electron chi connectivity index (χ2n) is 3.30. The summed E-state index contributed by atoms with van der Waals surface area (Å²) < 4.78 is 3.01. The van der Waals surface area contributed by atoms with Crippen LogP contribution in [-0.4, -0.2) is 14.5 Å². The van der Waals surface area contributed by atoms with E-state index in [9.17, 15) is 0 Å². The minimum atomic E-state index is 0.916. The van der Waals surface area contributed by atoms with Crippen LogP contribution in [0.25, 0.3) is 5.82 Å². The Morgan fingerprint density at radius 3 is 2.87 bits per heavy atom. The molecule has 0 saturated carbocycles. The standard InChI is InChI=1S/C11H12BrN3/c1-2-3-10-13-6-7-15(10)11-5-4-9(12)8-14-11/h4-8H,2-3H2,1H3. The first kappa shape index (κ1) is 10.4. The highest BCUT2D eigenvalue weighted by Gasteiger charge is 2.04. The first-order valence-corrected chi connectivity index (χ1v) is 5.74. The molecule has 0 spiro atoms. The Morgan fingerprint density at radius 1 is 1.33 bits per heavy atom. The lowest BCUT2D eigenvalue weighted by atomic mass is 10.3. The number of hydrogen-bond acceptors (Lipinski definition) is 2. The van der Waals surface area contributed by atoms with Gasteiger partial charge in [0, 0.05) is 29.5 Å². The minimum Gasteiger partial charge on any atom is -0.288 e. The zero-order chi connectivity index (χ0) is 10.7. The van der Waals surface area contributed by atoms with Gasteiger partial charge in [-0.05, 0) is 34.5 Å². The highest BCUT2D eigenvalue weighted by atomic mass is 79.9. The normalized spacial score (nSPS) is 10.5. The van der Waals surface area contributed by atoms with E-state index in [1.807, 2.05) is 29.1 Å². The Kier molecular flexibility index (Phi) is 3.16. The van der Waals surface area contributed by atoms with Gasteiger partial charge in [0.1, 0.15) is 11.6 Å². The van der Waals surface area contributed by atoms with Crippen molar-refractivity contribution in [3.05, 3.63) is 41.0 Å². The molecule has 0 aliphatic carbocycles. The Bertz CT molecular complexity index is 433. The van der Waals surface area contributed by atoms with Crippen LogP contribution in [0, 0.1) is 0 Å². The molecule has 0 radical (unpaired) electrons. The van der Waals surface area contributed by atoms with Crippen LogP contribution in [-0.2, 0) is 6.42 Å². The fourth-order valence-corrected chi connectivity index (χ4v) is 1.70. The van der Waals surface area contributed by atoms with E-state index in [1.165, 1.54) is 0 Å². The first-order chi connectivity index (χ1) is 7.31. The van der Waals surface area contributed by atoms with Crippen molar-refractivity contribution in [1.29, 1.82) is 0 Å². The third-order valence-electron chi connectivity index (χ3n) is 2.15. The Morgan fingerprint density at radius 2 is 2.20 bits per heavy atom. The molecule has 0 saturated heterocycles. The molecule has 0 bridgehead atoms. The zero-order valence-electron chi connectivity index (χ0n) is 8.52. The number of rotatable bonds is 3. The van der Waals surface area contributed by atoms with Gasteiger partial charge in [0.25, 0.3) is 0 Å². The highest BCUT2D eigenvalue weighted by molar-refractivity contribution is 9.10. The van der Waals surface area contributed by atoms with E-state index >= 15 is 0 Å². The largest absolute Gasteiger partial charge is 0.288 e. The number of nitrogens with zero attached hydrogens (tertiary/aromatic N) is 3. The second kappa shape index (κ2) is 4.57. The predicted octanol–water partition coefficient (Wildman–Crippen LogP) is 2.98. The molecule has 2 rings (SSSR count). The van der Waals surface area contributed by atoms with E-state index in [1.54, 1.807) is 6.20 Å². The van der Waals surface area contributed by atoms with Gasteiger partial charge in [0.2, 0.25) is 0 Å². The molecule has 3 nitrogen and oxygen atoms in total. The predicted molar refractivity (Wildman–Crippen MR) is 63.1 cm³/mol. The molecule has 4 heteroatoms. The van der Waals surface area contributed by atoms with Crippen LogP contribution >= 0.6 is 15.9 Å². The summed E-state index contributed by atoms with van der Waals surface area (Å²) in [5.74, 6) is 1.98. The molecule has 0 fully saturated rings. The van der Waals surface area contributed by atoms with Crippen molar-refractivity contribution in [2.75, 3.05) is 0 Å². The van der Waals surface area contributed by atoms with E-state index < -0.39 is 0 Å². The third kappa shape index (κ3) is 2.26. The number of aryl methyl sites for hydroxylation is 1. The molecule has 2 aromatic heterocycles. The molecule has 0 aliphatic heterocycles. The summed E-state index contributed by atoms with van der Waals surface area (Å²) in [4.78, 5) is 8.66. The average Bonchev–Trinajstić information content (AvgIpc) is 2.68. The van der Waals surface area contributed by atoms with Crippen LogP contribution in [0.5, 0.6) is 0 Å². The monoisotopic (exact) mass is 265 g/mol. The maximum absolute atomic E-state index is 4.34. The second-order valence-corrected chi connectivity index (χ2v) is 4.21. The van der Waals surface area contributed by atoms with E-state index in [0.717, 1.165) is 29.0 Å². The summed E-state index contributed by atoms with van der Waals surface area (Å²) in [6.07, 6.45) is 7.62. The molecule has 0 unspecified atom stereocenters. The fourth-order valence-electron chi connectivity index (χ4n) is 1.46. The van der Waals surface area contributed by atoms with Crippen molar-refractivity contribution in [3.63, 3.8) is 0 Å². The first-order valence-electron chi connectivity index (χ1n) is 4.95. The lowest BCUT2D eigenvalue weighted by Gasteiger charge is -2.05. The summed E-state index contributed by atoms with van der Waals surface area (Å²) in [6.45, 7) is 2.15. The molecule has 15 heavy (non-hydrogen) atoms. The van der Waals surface area contributed by atoms with Crippen LogP contribution in [0.2, 0.25) is 0 Å². The summed E-state index contributed by atoms with van der Waals surface area (Å²) in [6, 6.07) is 3.96. The Labute approximate surface area is 97.3 Å². The topological polar surface area (TPSA) is 30.7 Å². The molecule has 0 atom stereocenters. The summed E-state index contributed by atoms with van der Waals surface area (Å²) >= 11 is 3.37. The van der Waals surface area contributed by atoms with Gasteiger partial charge >= 0.3 is 0 Å². The van der Waals surface area contributed by atoms with Gasteiger partial charge in [-0.3, -0.25) is 4.57 Å². The van der Waals surface area contributed by atoms with Crippen molar-refractivity contribution in [3.8, 4) is 5.82 Å². The average molecular weight is 266 g/mol. The summed E-state index contributed by atoms with van der Waals surface area (Å²) in [5.41, 5.74) is 0. The van der Waals surface area contributed by atoms with E-state index in [2.05, 4.69) is 32.8 Å². The van der Waals surface area contributed by atoms with E-state index in [4.69, 9.17) is 0 Å². The maximum Gasteiger partial charge on any atom is 0.138 e. The number of imidazole rings is 1. The van der Waals surface area contributed by atoms with Gasteiger partial charge in [-0.25, -0.2) is 9.97 Å². The number of pyridine rings is 1. The maximum atomic E-state index is 4.34. The Balaban J connectivity index is 2.36. The van der Waals surface area contributed by atoms with Crippen molar-refractivity contribution in [2.45, 2.75) is 19.8 Å². The molecule has 2 heterocycles. The lowest BCUT2D eigenvalue weighted by Crippen LogP contribution is -2.01. The zero-order valence-corrected chi connectivity index (χ0v) is 10.1. The van der Waals surface area contributed by atoms with Gasteiger partial charge in [0.05, 0.1) is 0 Å². The van der Waals surface area contributed by atoms with Gasteiger partial charge < -0.3 is 0 Å². The van der Waals surface area contributed by atoms with E-state index in [0.29, 0.717) is 0 Å². The van der Waals surface area contributed by atoms with Gasteiger partial charge in [-0.1, -0.05) is 6.92 Å². The minimum absolute atomic E-state index is 0.916. The van der Waals surface area contributed by atoms with Gasteiger partial charge in [0.15, 0.2) is 0 Å². The smallest absolute Gasteiger partial charge is 0.138 e. The van der Waals surface area contributed by atoms with Gasteiger partial charge in [-0.2, -0.15) is 0 Å². The van der Waals surface area contributed by atoms with Crippen LogP contribution in [0.3, 0.4) is 0 Å². The molecule has 0 aromatic carbocycles. The summed E-state index contributed by atoms with van der Waals surface area (Å²) in [5, 5.41) is 0. The SMILES string of the molecule is CCCc1nccn1-c1ccc(Br)cn1. The molecule has 78 valence electrons. The number of hydrogen-bond donors (Lipinski definition) is 0. The molecular formula is C11H12BrN3. The lowest BCUT2D eigenvalue weighted by molar-refractivity contribution is 0.798. The van der Waals surface area contributed by atoms with Crippen molar-refractivity contribution >= 4 is 15.9 Å². The quantitative estimate of drug-likeness (QED) is 0.855. The Hall–Kier alpha value is -1.16. The van der Waals surface area contributed by atoms with Crippen molar-refractivity contribution in [1.82, 2.24) is 14.5 Å². The molecular weight excluding hydrogens is 254 g/mol. The summed E-state index contributed by atoms with van der Waals surface area (Å²) in [7, 11) is 0. The van der Waals surface area contributed by atoms with Gasteiger partial charge in [-0.15, -0.1) is 0 Å². The third-order valence-corrected chi connectivity index (χ3v) is 2.62. The van der Waals surface area contributed by atoms with Crippen LogP contribution in [0.1, 0.15) is 19.2 Å². The van der Waals surface area contributed by atoms with Crippen LogP contribution in [0.15, 0.2) is 35.2 Å². The molecule has 0 N–H and O–H groups in total. The van der Waals surface area contributed by atoms with Crippen LogP contribution < -0.4 is 0 Å². The molecule has 2 aromatic rings. The van der Waals surface area contributed by atoms with E-state index in [-0.39, 0.29) is 0 Å². The number of halogens is 1. The molecule has 0 amide bonds. The van der Waals surface area contributed by atoms with Crippen molar-refractivity contribution < 1.29 is 0 Å². The molecule has 0 aliphatic rings.